The van der Waals surface area contributed by atoms with Gasteiger partial charge in [-0.25, -0.2) is 0 Å². The van der Waals surface area contributed by atoms with E-state index < -0.39 is 0 Å². The van der Waals surface area contributed by atoms with E-state index >= 15 is 0 Å². The Morgan fingerprint density at radius 2 is 2.00 bits per heavy atom. The van der Waals surface area contributed by atoms with E-state index in [2.05, 4.69) is 47.1 Å². The van der Waals surface area contributed by atoms with E-state index in [0.717, 1.165) is 19.5 Å². The molecule has 1 atom stereocenters. The Balaban J connectivity index is 1.75. The summed E-state index contributed by atoms with van der Waals surface area (Å²) in [6.45, 7) is 10.6. The quantitative estimate of drug-likeness (QED) is 0.746. The van der Waals surface area contributed by atoms with Gasteiger partial charge in [-0.1, -0.05) is 13.8 Å². The number of rotatable bonds is 9. The van der Waals surface area contributed by atoms with Crippen LogP contribution >= 0.6 is 0 Å². The fourth-order valence-corrected chi connectivity index (χ4v) is 3.10. The van der Waals surface area contributed by atoms with Crippen LogP contribution < -0.4 is 5.32 Å². The Bertz CT molecular complexity index is 366. The van der Waals surface area contributed by atoms with Crippen molar-refractivity contribution in [2.24, 2.45) is 0 Å². The van der Waals surface area contributed by atoms with Crippen molar-refractivity contribution in [3.63, 3.8) is 0 Å². The second-order valence-electron chi connectivity index (χ2n) is 6.00. The summed E-state index contributed by atoms with van der Waals surface area (Å²) in [4.78, 5) is 2.60. The van der Waals surface area contributed by atoms with Gasteiger partial charge in [0.2, 0.25) is 0 Å². The first kappa shape index (κ1) is 15.6. The Morgan fingerprint density at radius 1 is 1.20 bits per heavy atom. The van der Waals surface area contributed by atoms with Crippen molar-refractivity contribution in [1.82, 2.24) is 14.8 Å². The Hall–Kier alpha value is -0.800. The number of aryl methyl sites for hydroxylation is 1. The molecule has 1 aromatic rings. The Labute approximate surface area is 124 Å². The lowest BCUT2D eigenvalue weighted by molar-refractivity contribution is 0.325. The van der Waals surface area contributed by atoms with Crippen molar-refractivity contribution < 1.29 is 0 Å². The summed E-state index contributed by atoms with van der Waals surface area (Å²) in [6, 6.07) is 2.81. The average Bonchev–Trinajstić information content (AvgIpc) is 3.12. The Morgan fingerprint density at radius 3 is 2.70 bits per heavy atom. The van der Waals surface area contributed by atoms with Gasteiger partial charge in [-0.15, -0.1) is 0 Å². The number of likely N-dealkylation sites (tertiary alicyclic amines) is 1. The smallest absolute Gasteiger partial charge is 0.0332 e. The van der Waals surface area contributed by atoms with E-state index in [4.69, 9.17) is 0 Å². The lowest BCUT2D eigenvalue weighted by atomic mass is 10.1. The highest BCUT2D eigenvalue weighted by Crippen LogP contribution is 2.17. The maximum Gasteiger partial charge on any atom is 0.0332 e. The van der Waals surface area contributed by atoms with E-state index in [-0.39, 0.29) is 0 Å². The fourth-order valence-electron chi connectivity index (χ4n) is 3.10. The van der Waals surface area contributed by atoms with Crippen molar-refractivity contribution in [2.45, 2.75) is 58.5 Å². The van der Waals surface area contributed by atoms with Gasteiger partial charge in [-0.05, 0) is 69.9 Å². The molecule has 3 nitrogen and oxygen atoms in total. The van der Waals surface area contributed by atoms with Gasteiger partial charge in [0.1, 0.15) is 0 Å². The predicted octanol–water partition coefficient (Wildman–Crippen LogP) is 3.42. The molecule has 1 fully saturated rings. The van der Waals surface area contributed by atoms with Crippen LogP contribution in [0.1, 0.15) is 57.6 Å². The fraction of sp³-hybridized carbons (Fsp3) is 0.765. The van der Waals surface area contributed by atoms with Gasteiger partial charge in [0, 0.05) is 25.0 Å². The second kappa shape index (κ2) is 8.48. The SMILES string of the molecule is CCCNC(CC)c1ccn(CCCN2CCCC2)c1. The molecule has 0 aliphatic carbocycles. The highest BCUT2D eigenvalue weighted by atomic mass is 15.1. The van der Waals surface area contributed by atoms with Gasteiger partial charge < -0.3 is 14.8 Å². The van der Waals surface area contributed by atoms with Crippen molar-refractivity contribution >= 4 is 0 Å². The van der Waals surface area contributed by atoms with E-state index in [1.165, 1.54) is 50.9 Å². The molecule has 0 amide bonds. The number of hydrogen-bond acceptors (Lipinski definition) is 2. The molecule has 0 bridgehead atoms. The molecule has 20 heavy (non-hydrogen) atoms. The van der Waals surface area contributed by atoms with Crippen molar-refractivity contribution in [3.8, 4) is 0 Å². The molecule has 114 valence electrons. The molecule has 0 saturated carbocycles. The summed E-state index contributed by atoms with van der Waals surface area (Å²) in [5, 5.41) is 3.63. The lowest BCUT2D eigenvalue weighted by Crippen LogP contribution is -2.21. The lowest BCUT2D eigenvalue weighted by Gasteiger charge is -2.15. The van der Waals surface area contributed by atoms with Crippen molar-refractivity contribution in [2.75, 3.05) is 26.2 Å². The molecule has 0 aromatic carbocycles. The monoisotopic (exact) mass is 277 g/mol. The molecule has 3 heteroatoms. The maximum atomic E-state index is 3.63. The van der Waals surface area contributed by atoms with Crippen molar-refractivity contribution in [1.29, 1.82) is 0 Å². The minimum absolute atomic E-state index is 0.523. The molecule has 2 rings (SSSR count). The first-order chi connectivity index (χ1) is 9.83. The third-order valence-corrected chi connectivity index (χ3v) is 4.31. The van der Waals surface area contributed by atoms with E-state index in [9.17, 15) is 0 Å². The van der Waals surface area contributed by atoms with E-state index in [1.54, 1.807) is 0 Å². The normalized spacial score (nSPS) is 17.7. The molecule has 1 saturated heterocycles. The third-order valence-electron chi connectivity index (χ3n) is 4.31. The summed E-state index contributed by atoms with van der Waals surface area (Å²) in [6.07, 6.45) is 11.0. The van der Waals surface area contributed by atoms with Gasteiger partial charge in [-0.3, -0.25) is 0 Å². The van der Waals surface area contributed by atoms with Gasteiger partial charge in [0.25, 0.3) is 0 Å². The van der Waals surface area contributed by atoms with Gasteiger partial charge in [0.05, 0.1) is 0 Å². The van der Waals surface area contributed by atoms with Crippen LogP contribution in [0, 0.1) is 0 Å². The molecule has 1 unspecified atom stereocenters. The predicted molar refractivity (Wildman–Crippen MR) is 86.0 cm³/mol. The topological polar surface area (TPSA) is 20.2 Å². The molecular weight excluding hydrogens is 246 g/mol. The minimum atomic E-state index is 0.523. The number of nitrogens with one attached hydrogen (secondary N) is 1. The summed E-state index contributed by atoms with van der Waals surface area (Å²) in [5.41, 5.74) is 1.45. The van der Waals surface area contributed by atoms with Crippen LogP contribution in [0.2, 0.25) is 0 Å². The first-order valence-electron chi connectivity index (χ1n) is 8.45. The average molecular weight is 277 g/mol. The number of nitrogens with zero attached hydrogens (tertiary/aromatic N) is 2. The Kier molecular flexibility index (Phi) is 6.61. The van der Waals surface area contributed by atoms with Crippen LogP contribution in [0.15, 0.2) is 18.5 Å². The van der Waals surface area contributed by atoms with Crippen LogP contribution in [0.25, 0.3) is 0 Å². The second-order valence-corrected chi connectivity index (χ2v) is 6.00. The molecule has 0 radical (unpaired) electrons. The highest BCUT2D eigenvalue weighted by Gasteiger charge is 2.11. The molecular formula is C17H31N3. The summed E-state index contributed by atoms with van der Waals surface area (Å²) in [7, 11) is 0. The van der Waals surface area contributed by atoms with Crippen molar-refractivity contribution in [3.05, 3.63) is 24.0 Å². The largest absolute Gasteiger partial charge is 0.354 e. The minimum Gasteiger partial charge on any atom is -0.354 e. The summed E-state index contributed by atoms with van der Waals surface area (Å²) in [5.74, 6) is 0. The maximum absolute atomic E-state index is 3.63. The first-order valence-corrected chi connectivity index (χ1v) is 8.45. The summed E-state index contributed by atoms with van der Waals surface area (Å²) >= 11 is 0. The van der Waals surface area contributed by atoms with Crippen LogP contribution in [-0.2, 0) is 6.54 Å². The van der Waals surface area contributed by atoms with Crippen LogP contribution in [-0.4, -0.2) is 35.6 Å². The van der Waals surface area contributed by atoms with E-state index in [0.29, 0.717) is 6.04 Å². The van der Waals surface area contributed by atoms with Gasteiger partial charge in [0.15, 0.2) is 0 Å². The third kappa shape index (κ3) is 4.64. The zero-order valence-corrected chi connectivity index (χ0v) is 13.3. The van der Waals surface area contributed by atoms with E-state index in [1.807, 2.05) is 0 Å². The molecule has 0 spiro atoms. The molecule has 1 aromatic heterocycles. The molecule has 1 aliphatic heterocycles. The van der Waals surface area contributed by atoms with Crippen LogP contribution in [0.4, 0.5) is 0 Å². The number of hydrogen-bond donors (Lipinski definition) is 1. The molecule has 2 heterocycles. The zero-order chi connectivity index (χ0) is 14.2. The molecule has 1 N–H and O–H groups in total. The number of aromatic nitrogens is 1. The zero-order valence-electron chi connectivity index (χ0n) is 13.3. The van der Waals surface area contributed by atoms with Crippen LogP contribution in [0.5, 0.6) is 0 Å². The highest BCUT2D eigenvalue weighted by molar-refractivity contribution is 5.15. The van der Waals surface area contributed by atoms with Gasteiger partial charge in [-0.2, -0.15) is 0 Å². The summed E-state index contributed by atoms with van der Waals surface area (Å²) < 4.78 is 2.36. The standard InChI is InChI=1S/C17H31N3/c1-3-9-18-17(4-2)16-8-14-20(15-16)13-7-12-19-10-5-6-11-19/h8,14-15,17-18H,3-7,9-13H2,1-2H3. The van der Waals surface area contributed by atoms with Gasteiger partial charge >= 0.3 is 0 Å². The molecule has 1 aliphatic rings. The van der Waals surface area contributed by atoms with Crippen LogP contribution in [0.3, 0.4) is 0 Å².